The van der Waals surface area contributed by atoms with Gasteiger partial charge in [-0.2, -0.15) is 0 Å². The molecule has 0 aliphatic rings. The molecule has 0 fully saturated rings. The molecule has 3 nitrogen and oxygen atoms in total. The number of benzene rings is 2. The highest BCUT2D eigenvalue weighted by Gasteiger charge is 2.18. The molecule has 3 aromatic rings. The Bertz CT molecular complexity index is 889. The van der Waals surface area contributed by atoms with E-state index in [4.69, 9.17) is 16.0 Å². The second-order valence-electron chi connectivity index (χ2n) is 4.78. The predicted molar refractivity (Wildman–Crippen MR) is 80.3 cm³/mol. The van der Waals surface area contributed by atoms with Crippen LogP contribution in [0, 0.1) is 18.6 Å². The van der Waals surface area contributed by atoms with Gasteiger partial charge in [0.25, 0.3) is 5.91 Å². The van der Waals surface area contributed by atoms with Crippen molar-refractivity contribution in [1.29, 1.82) is 0 Å². The molecule has 0 aliphatic carbocycles. The van der Waals surface area contributed by atoms with E-state index >= 15 is 0 Å². The van der Waals surface area contributed by atoms with E-state index in [9.17, 15) is 13.6 Å². The van der Waals surface area contributed by atoms with Crippen LogP contribution in [-0.2, 0) is 0 Å². The standard InChI is InChI=1S/C16H10ClF2NO2/c1-8-11-6-9(17)2-5-14(11)22-15(8)16(21)20-10-3-4-12(18)13(19)7-10/h2-7H,1H3,(H,20,21). The van der Waals surface area contributed by atoms with Crippen LogP contribution in [0.15, 0.2) is 40.8 Å². The molecule has 0 spiro atoms. The molecule has 1 amide bonds. The first-order chi connectivity index (χ1) is 10.5. The highest BCUT2D eigenvalue weighted by atomic mass is 35.5. The Morgan fingerprint density at radius 3 is 2.64 bits per heavy atom. The van der Waals surface area contributed by atoms with Gasteiger partial charge in [-0.05, 0) is 37.3 Å². The number of anilines is 1. The molecule has 1 heterocycles. The van der Waals surface area contributed by atoms with Crippen molar-refractivity contribution in [2.75, 3.05) is 5.32 Å². The Hall–Kier alpha value is -2.40. The molecule has 0 bridgehead atoms. The molecule has 6 heteroatoms. The maximum absolute atomic E-state index is 13.2. The summed E-state index contributed by atoms with van der Waals surface area (Å²) in [4.78, 5) is 12.2. The summed E-state index contributed by atoms with van der Waals surface area (Å²) < 4.78 is 31.5. The minimum absolute atomic E-state index is 0.0991. The number of amides is 1. The molecule has 0 atom stereocenters. The smallest absolute Gasteiger partial charge is 0.291 e. The molecular weight excluding hydrogens is 312 g/mol. The van der Waals surface area contributed by atoms with Gasteiger partial charge in [0, 0.05) is 27.7 Å². The largest absolute Gasteiger partial charge is 0.451 e. The zero-order valence-corrected chi connectivity index (χ0v) is 12.2. The first-order valence-electron chi connectivity index (χ1n) is 6.41. The number of carbonyl (C=O) groups is 1. The summed E-state index contributed by atoms with van der Waals surface area (Å²) in [6, 6.07) is 8.14. The molecule has 0 saturated heterocycles. The van der Waals surface area contributed by atoms with Crippen LogP contribution < -0.4 is 5.32 Å². The van der Waals surface area contributed by atoms with Crippen LogP contribution in [0.3, 0.4) is 0 Å². The highest BCUT2D eigenvalue weighted by molar-refractivity contribution is 6.31. The fourth-order valence-electron chi connectivity index (χ4n) is 2.17. The summed E-state index contributed by atoms with van der Waals surface area (Å²) in [5.41, 5.74) is 1.29. The minimum Gasteiger partial charge on any atom is -0.451 e. The molecular formula is C16H10ClF2NO2. The van der Waals surface area contributed by atoms with Gasteiger partial charge < -0.3 is 9.73 Å². The molecule has 2 aromatic carbocycles. The normalized spacial score (nSPS) is 10.9. The van der Waals surface area contributed by atoms with Crippen molar-refractivity contribution in [3.63, 3.8) is 0 Å². The van der Waals surface area contributed by atoms with Crippen LogP contribution in [0.1, 0.15) is 16.1 Å². The predicted octanol–water partition coefficient (Wildman–Crippen LogP) is 4.93. The van der Waals surface area contributed by atoms with Crippen molar-refractivity contribution in [2.24, 2.45) is 0 Å². The Morgan fingerprint density at radius 1 is 1.14 bits per heavy atom. The number of furan rings is 1. The van der Waals surface area contributed by atoms with Gasteiger partial charge >= 0.3 is 0 Å². The summed E-state index contributed by atoms with van der Waals surface area (Å²) >= 11 is 5.92. The van der Waals surface area contributed by atoms with E-state index in [2.05, 4.69) is 5.32 Å². The number of carbonyl (C=O) groups excluding carboxylic acids is 1. The maximum Gasteiger partial charge on any atom is 0.291 e. The fourth-order valence-corrected chi connectivity index (χ4v) is 2.34. The average Bonchev–Trinajstić information content (AvgIpc) is 2.80. The molecule has 1 N–H and O–H groups in total. The highest BCUT2D eigenvalue weighted by Crippen LogP contribution is 2.28. The minimum atomic E-state index is -1.04. The third-order valence-corrected chi connectivity index (χ3v) is 3.52. The van der Waals surface area contributed by atoms with Crippen LogP contribution in [0.25, 0.3) is 11.0 Å². The Kier molecular flexibility index (Phi) is 3.58. The van der Waals surface area contributed by atoms with Crippen LogP contribution in [-0.4, -0.2) is 5.91 Å². The molecule has 1 aromatic heterocycles. The van der Waals surface area contributed by atoms with Crippen molar-refractivity contribution in [3.05, 3.63) is 64.4 Å². The first-order valence-corrected chi connectivity index (χ1v) is 6.78. The lowest BCUT2D eigenvalue weighted by molar-refractivity contribution is 0.0998. The molecule has 0 saturated carbocycles. The third-order valence-electron chi connectivity index (χ3n) is 3.28. The second-order valence-corrected chi connectivity index (χ2v) is 5.22. The molecule has 0 aliphatic heterocycles. The van der Waals surface area contributed by atoms with Gasteiger partial charge in [-0.3, -0.25) is 4.79 Å². The summed E-state index contributed by atoms with van der Waals surface area (Å²) in [6.45, 7) is 1.72. The van der Waals surface area contributed by atoms with Gasteiger partial charge in [-0.15, -0.1) is 0 Å². The topological polar surface area (TPSA) is 42.2 Å². The first kappa shape index (κ1) is 14.5. The summed E-state index contributed by atoms with van der Waals surface area (Å²) in [6.07, 6.45) is 0. The average molecular weight is 322 g/mol. The molecule has 0 radical (unpaired) electrons. The van der Waals surface area contributed by atoms with Gasteiger partial charge in [-0.25, -0.2) is 8.78 Å². The number of halogens is 3. The van der Waals surface area contributed by atoms with Crippen LogP contribution in [0.2, 0.25) is 5.02 Å². The zero-order valence-electron chi connectivity index (χ0n) is 11.4. The van der Waals surface area contributed by atoms with Crippen LogP contribution in [0.5, 0.6) is 0 Å². The SMILES string of the molecule is Cc1c(C(=O)Nc2ccc(F)c(F)c2)oc2ccc(Cl)cc12. The number of nitrogens with one attached hydrogen (secondary N) is 1. The van der Waals surface area contributed by atoms with Crippen LogP contribution in [0.4, 0.5) is 14.5 Å². The summed E-state index contributed by atoms with van der Waals surface area (Å²) in [5, 5.41) is 3.73. The van der Waals surface area contributed by atoms with E-state index in [0.717, 1.165) is 17.5 Å². The van der Waals surface area contributed by atoms with Gasteiger partial charge in [-0.1, -0.05) is 11.6 Å². The Balaban J connectivity index is 1.95. The van der Waals surface area contributed by atoms with Crippen LogP contribution >= 0.6 is 11.6 Å². The Morgan fingerprint density at radius 2 is 1.91 bits per heavy atom. The number of rotatable bonds is 2. The van der Waals surface area contributed by atoms with Gasteiger partial charge in [0.05, 0.1) is 0 Å². The van der Waals surface area contributed by atoms with E-state index in [1.165, 1.54) is 6.07 Å². The van der Waals surface area contributed by atoms with Crippen molar-refractivity contribution in [2.45, 2.75) is 6.92 Å². The zero-order chi connectivity index (χ0) is 15.9. The second kappa shape index (κ2) is 5.42. The van der Waals surface area contributed by atoms with E-state index in [-0.39, 0.29) is 11.4 Å². The van der Waals surface area contributed by atoms with E-state index in [1.807, 2.05) is 0 Å². The number of aryl methyl sites for hydroxylation is 1. The van der Waals surface area contributed by atoms with Gasteiger partial charge in [0.2, 0.25) is 0 Å². The van der Waals surface area contributed by atoms with Crippen molar-refractivity contribution >= 4 is 34.2 Å². The number of hydrogen-bond donors (Lipinski definition) is 1. The van der Waals surface area contributed by atoms with Gasteiger partial charge in [0.1, 0.15) is 5.58 Å². The summed E-state index contributed by atoms with van der Waals surface area (Å²) in [7, 11) is 0. The monoisotopic (exact) mass is 321 g/mol. The van der Waals surface area contributed by atoms with E-state index in [0.29, 0.717) is 16.2 Å². The van der Waals surface area contributed by atoms with Crippen molar-refractivity contribution in [1.82, 2.24) is 0 Å². The fraction of sp³-hybridized carbons (Fsp3) is 0.0625. The molecule has 3 rings (SSSR count). The lowest BCUT2D eigenvalue weighted by Crippen LogP contribution is -2.12. The molecule has 0 unspecified atom stereocenters. The molecule has 112 valence electrons. The lowest BCUT2D eigenvalue weighted by atomic mass is 10.1. The van der Waals surface area contributed by atoms with Gasteiger partial charge in [0.15, 0.2) is 17.4 Å². The summed E-state index contributed by atoms with van der Waals surface area (Å²) in [5.74, 6) is -2.46. The van der Waals surface area contributed by atoms with E-state index < -0.39 is 17.5 Å². The van der Waals surface area contributed by atoms with Crippen molar-refractivity contribution in [3.8, 4) is 0 Å². The number of hydrogen-bond acceptors (Lipinski definition) is 2. The maximum atomic E-state index is 13.2. The van der Waals surface area contributed by atoms with Crippen molar-refractivity contribution < 1.29 is 18.0 Å². The third kappa shape index (κ3) is 2.55. The van der Waals surface area contributed by atoms with E-state index in [1.54, 1.807) is 25.1 Å². The molecule has 22 heavy (non-hydrogen) atoms. The number of fused-ring (bicyclic) bond motifs is 1. The lowest BCUT2D eigenvalue weighted by Gasteiger charge is -2.04. The quantitative estimate of drug-likeness (QED) is 0.727. The Labute approximate surface area is 129 Å².